The lowest BCUT2D eigenvalue weighted by atomic mass is 10.1. The molecule has 1 saturated heterocycles. The van der Waals surface area contributed by atoms with Gasteiger partial charge in [-0.25, -0.2) is 4.98 Å². The van der Waals surface area contributed by atoms with Crippen molar-refractivity contribution >= 4 is 28.6 Å². The normalized spacial score (nSPS) is 15.1. The van der Waals surface area contributed by atoms with Crippen molar-refractivity contribution in [2.75, 3.05) is 13.1 Å². The van der Waals surface area contributed by atoms with Crippen LogP contribution in [-0.2, 0) is 4.79 Å². The van der Waals surface area contributed by atoms with Gasteiger partial charge in [0.2, 0.25) is 5.91 Å². The number of thioether (sulfide) groups is 1. The SMILES string of the molecule is Cc1cc(C)cc(-n2c(S[C@@H](C)C(=O)N3CCCC3)nc3ccccc3c2=O)c1. The largest absolute Gasteiger partial charge is 0.342 e. The lowest BCUT2D eigenvalue weighted by Gasteiger charge is -2.21. The molecule has 1 aliphatic rings. The Kier molecular flexibility index (Phi) is 5.46. The van der Waals surface area contributed by atoms with Crippen molar-refractivity contribution in [1.29, 1.82) is 0 Å². The van der Waals surface area contributed by atoms with E-state index in [0.717, 1.165) is 42.7 Å². The van der Waals surface area contributed by atoms with Crippen LogP contribution in [-0.4, -0.2) is 38.7 Å². The van der Waals surface area contributed by atoms with Crippen LogP contribution in [0.25, 0.3) is 16.6 Å². The van der Waals surface area contributed by atoms with Crippen molar-refractivity contribution in [3.8, 4) is 5.69 Å². The van der Waals surface area contributed by atoms with Crippen LogP contribution in [0, 0.1) is 13.8 Å². The summed E-state index contributed by atoms with van der Waals surface area (Å²) in [6.45, 7) is 7.57. The molecule has 2 heterocycles. The van der Waals surface area contributed by atoms with Gasteiger partial charge in [0, 0.05) is 13.1 Å². The van der Waals surface area contributed by atoms with Crippen LogP contribution in [0.3, 0.4) is 0 Å². The number of nitrogens with zero attached hydrogens (tertiary/aromatic N) is 3. The van der Waals surface area contributed by atoms with E-state index in [-0.39, 0.29) is 16.7 Å². The number of aromatic nitrogens is 2. The van der Waals surface area contributed by atoms with E-state index in [9.17, 15) is 9.59 Å². The second kappa shape index (κ2) is 8.03. The zero-order valence-electron chi connectivity index (χ0n) is 17.0. The molecule has 1 atom stereocenters. The quantitative estimate of drug-likeness (QED) is 0.483. The predicted octanol–water partition coefficient (Wildman–Crippen LogP) is 4.11. The van der Waals surface area contributed by atoms with E-state index in [1.165, 1.54) is 11.8 Å². The number of carbonyl (C=O) groups is 1. The van der Waals surface area contributed by atoms with Crippen LogP contribution < -0.4 is 5.56 Å². The van der Waals surface area contributed by atoms with Gasteiger partial charge in [-0.15, -0.1) is 0 Å². The molecule has 0 saturated carbocycles. The lowest BCUT2D eigenvalue weighted by molar-refractivity contribution is -0.129. The number of hydrogen-bond donors (Lipinski definition) is 0. The summed E-state index contributed by atoms with van der Waals surface area (Å²) < 4.78 is 1.65. The van der Waals surface area contributed by atoms with Gasteiger partial charge in [-0.05, 0) is 69.0 Å². The molecule has 0 unspecified atom stereocenters. The summed E-state index contributed by atoms with van der Waals surface area (Å²) in [6, 6.07) is 13.4. The Hall–Kier alpha value is -2.60. The van der Waals surface area contributed by atoms with Crippen LogP contribution in [0.1, 0.15) is 30.9 Å². The minimum Gasteiger partial charge on any atom is -0.342 e. The molecule has 29 heavy (non-hydrogen) atoms. The monoisotopic (exact) mass is 407 g/mol. The Morgan fingerprint density at radius 2 is 1.72 bits per heavy atom. The van der Waals surface area contributed by atoms with Gasteiger partial charge < -0.3 is 4.90 Å². The summed E-state index contributed by atoms with van der Waals surface area (Å²) in [5.41, 5.74) is 3.49. The maximum atomic E-state index is 13.4. The molecule has 1 amide bonds. The molecule has 2 aromatic carbocycles. The highest BCUT2D eigenvalue weighted by molar-refractivity contribution is 8.00. The highest BCUT2D eigenvalue weighted by Crippen LogP contribution is 2.27. The number of carbonyl (C=O) groups excluding carboxylic acids is 1. The fourth-order valence-electron chi connectivity index (χ4n) is 3.90. The average molecular weight is 408 g/mol. The topological polar surface area (TPSA) is 55.2 Å². The Bertz CT molecular complexity index is 1110. The lowest BCUT2D eigenvalue weighted by Crippen LogP contribution is -2.34. The van der Waals surface area contributed by atoms with Gasteiger partial charge in [-0.2, -0.15) is 0 Å². The van der Waals surface area contributed by atoms with Gasteiger partial charge in [0.05, 0.1) is 21.8 Å². The standard InChI is InChI=1S/C23H25N3O2S/c1-15-12-16(2)14-18(13-15)26-22(28)19-8-4-5-9-20(19)24-23(26)29-17(3)21(27)25-10-6-7-11-25/h4-5,8-9,12-14,17H,6-7,10-11H2,1-3H3/t17-/m0/s1. The number of aryl methyl sites for hydroxylation is 2. The van der Waals surface area contributed by atoms with Gasteiger partial charge in [-0.1, -0.05) is 30.0 Å². The Morgan fingerprint density at radius 1 is 1.07 bits per heavy atom. The number of fused-ring (bicyclic) bond motifs is 1. The Balaban J connectivity index is 1.83. The molecular weight excluding hydrogens is 382 g/mol. The fraction of sp³-hybridized carbons (Fsp3) is 0.348. The first kappa shape index (κ1) is 19.7. The number of para-hydroxylation sites is 1. The van der Waals surface area contributed by atoms with Crippen molar-refractivity contribution < 1.29 is 4.79 Å². The fourth-order valence-corrected chi connectivity index (χ4v) is 4.91. The molecule has 1 fully saturated rings. The van der Waals surface area contributed by atoms with Gasteiger partial charge in [0.1, 0.15) is 0 Å². The molecule has 4 rings (SSSR count). The summed E-state index contributed by atoms with van der Waals surface area (Å²) >= 11 is 1.36. The maximum Gasteiger partial charge on any atom is 0.266 e. The molecule has 0 bridgehead atoms. The first-order chi connectivity index (χ1) is 13.9. The third kappa shape index (κ3) is 3.94. The predicted molar refractivity (Wildman–Crippen MR) is 118 cm³/mol. The number of likely N-dealkylation sites (tertiary alicyclic amines) is 1. The third-order valence-electron chi connectivity index (χ3n) is 5.26. The molecule has 0 aliphatic carbocycles. The van der Waals surface area contributed by atoms with Crippen molar-refractivity contribution in [3.05, 3.63) is 63.9 Å². The van der Waals surface area contributed by atoms with Crippen LogP contribution >= 0.6 is 11.8 Å². The Morgan fingerprint density at radius 3 is 2.41 bits per heavy atom. The van der Waals surface area contributed by atoms with Crippen molar-refractivity contribution in [3.63, 3.8) is 0 Å². The molecule has 0 radical (unpaired) electrons. The van der Waals surface area contributed by atoms with Crippen LogP contribution in [0.5, 0.6) is 0 Å². The molecule has 3 aromatic rings. The smallest absolute Gasteiger partial charge is 0.266 e. The highest BCUT2D eigenvalue weighted by Gasteiger charge is 2.26. The number of amides is 1. The molecule has 0 spiro atoms. The van der Waals surface area contributed by atoms with E-state index in [0.29, 0.717) is 16.1 Å². The average Bonchev–Trinajstić information content (AvgIpc) is 3.21. The number of rotatable bonds is 4. The summed E-state index contributed by atoms with van der Waals surface area (Å²) in [7, 11) is 0. The van der Waals surface area contributed by atoms with E-state index in [4.69, 9.17) is 4.98 Å². The van der Waals surface area contributed by atoms with Crippen LogP contribution in [0.2, 0.25) is 0 Å². The van der Waals surface area contributed by atoms with Crippen molar-refractivity contribution in [1.82, 2.24) is 14.5 Å². The van der Waals surface area contributed by atoms with E-state index < -0.39 is 0 Å². The minimum atomic E-state index is -0.307. The van der Waals surface area contributed by atoms with Crippen LogP contribution in [0.15, 0.2) is 52.4 Å². The summed E-state index contributed by atoms with van der Waals surface area (Å²) in [4.78, 5) is 32.9. The van der Waals surface area contributed by atoms with Crippen molar-refractivity contribution in [2.24, 2.45) is 0 Å². The summed E-state index contributed by atoms with van der Waals surface area (Å²) in [6.07, 6.45) is 2.12. The summed E-state index contributed by atoms with van der Waals surface area (Å²) in [5, 5.41) is 0.826. The molecular formula is C23H25N3O2S. The summed E-state index contributed by atoms with van der Waals surface area (Å²) in [5.74, 6) is 0.113. The van der Waals surface area contributed by atoms with Crippen molar-refractivity contribution in [2.45, 2.75) is 44.0 Å². The number of benzene rings is 2. The second-order valence-electron chi connectivity index (χ2n) is 7.69. The zero-order valence-corrected chi connectivity index (χ0v) is 17.8. The van der Waals surface area contributed by atoms with Gasteiger partial charge in [-0.3, -0.25) is 14.2 Å². The van der Waals surface area contributed by atoms with E-state index in [1.807, 2.05) is 56.0 Å². The van der Waals surface area contributed by atoms with E-state index in [1.54, 1.807) is 10.6 Å². The highest BCUT2D eigenvalue weighted by atomic mass is 32.2. The van der Waals surface area contributed by atoms with Crippen LogP contribution in [0.4, 0.5) is 0 Å². The van der Waals surface area contributed by atoms with Gasteiger partial charge in [0.15, 0.2) is 5.16 Å². The first-order valence-corrected chi connectivity index (χ1v) is 10.9. The molecule has 6 heteroatoms. The van der Waals surface area contributed by atoms with E-state index >= 15 is 0 Å². The molecule has 150 valence electrons. The Labute approximate surface area is 174 Å². The second-order valence-corrected chi connectivity index (χ2v) is 9.00. The molecule has 1 aromatic heterocycles. The molecule has 5 nitrogen and oxygen atoms in total. The minimum absolute atomic E-state index is 0.107. The maximum absolute atomic E-state index is 13.4. The first-order valence-electron chi connectivity index (χ1n) is 10.00. The molecule has 0 N–H and O–H groups in total. The van der Waals surface area contributed by atoms with E-state index in [2.05, 4.69) is 6.07 Å². The third-order valence-corrected chi connectivity index (χ3v) is 6.30. The van der Waals surface area contributed by atoms with Gasteiger partial charge in [0.25, 0.3) is 5.56 Å². The molecule has 1 aliphatic heterocycles. The number of hydrogen-bond acceptors (Lipinski definition) is 4. The zero-order chi connectivity index (χ0) is 20.5. The van der Waals surface area contributed by atoms with Gasteiger partial charge >= 0.3 is 0 Å².